The van der Waals surface area contributed by atoms with Crippen LogP contribution >= 0.6 is 0 Å². The Morgan fingerprint density at radius 1 is 1.14 bits per heavy atom. The van der Waals surface area contributed by atoms with Crippen LogP contribution in [0.5, 0.6) is 0 Å². The predicted octanol–water partition coefficient (Wildman–Crippen LogP) is 3.09. The van der Waals surface area contributed by atoms with Crippen LogP contribution in [0, 0.1) is 11.8 Å². The first-order valence-electron chi connectivity index (χ1n) is 8.18. The zero-order valence-corrected chi connectivity index (χ0v) is 13.7. The molecule has 0 heterocycles. The van der Waals surface area contributed by atoms with E-state index >= 15 is 0 Å². The highest BCUT2D eigenvalue weighted by molar-refractivity contribution is 5.79. The van der Waals surface area contributed by atoms with E-state index in [4.69, 9.17) is 5.73 Å². The number of hydrogen-bond donors (Lipinski definition) is 1. The third kappa shape index (κ3) is 5.50. The van der Waals surface area contributed by atoms with E-state index in [1.54, 1.807) is 0 Å². The molecule has 1 atom stereocenters. The lowest BCUT2D eigenvalue weighted by atomic mass is 9.96. The molecular weight excluding hydrogens is 260 g/mol. The van der Waals surface area contributed by atoms with Crippen molar-refractivity contribution in [1.29, 1.82) is 0 Å². The molecule has 1 aromatic carbocycles. The molecule has 3 heteroatoms. The van der Waals surface area contributed by atoms with Gasteiger partial charge in [-0.3, -0.25) is 4.79 Å². The van der Waals surface area contributed by atoms with Gasteiger partial charge in [0.1, 0.15) is 0 Å². The lowest BCUT2D eigenvalue weighted by molar-refractivity contribution is -0.135. The molecule has 0 spiro atoms. The Hall–Kier alpha value is -1.35. The number of nitrogens with two attached hydrogens (primary N) is 1. The molecular formula is C18H30N2O. The van der Waals surface area contributed by atoms with Crippen molar-refractivity contribution in [3.05, 3.63) is 35.9 Å². The average Bonchev–Trinajstić information content (AvgIpc) is 2.54. The molecule has 3 nitrogen and oxygen atoms in total. The lowest BCUT2D eigenvalue weighted by Gasteiger charge is -2.29. The summed E-state index contributed by atoms with van der Waals surface area (Å²) in [6.45, 7) is 8.46. The Morgan fingerprint density at radius 3 is 2.24 bits per heavy atom. The first kappa shape index (κ1) is 17.7. The van der Waals surface area contributed by atoms with Crippen molar-refractivity contribution < 1.29 is 4.79 Å². The second-order valence-electron chi connectivity index (χ2n) is 5.68. The predicted molar refractivity (Wildman–Crippen MR) is 89.0 cm³/mol. The quantitative estimate of drug-likeness (QED) is 0.759. The van der Waals surface area contributed by atoms with E-state index in [9.17, 15) is 4.79 Å². The monoisotopic (exact) mass is 290 g/mol. The molecule has 0 aliphatic heterocycles. The summed E-state index contributed by atoms with van der Waals surface area (Å²) < 4.78 is 0. The smallest absolute Gasteiger partial charge is 0.227 e. The van der Waals surface area contributed by atoms with Gasteiger partial charge in [-0.15, -0.1) is 0 Å². The van der Waals surface area contributed by atoms with Crippen LogP contribution in [0.25, 0.3) is 0 Å². The molecule has 1 amide bonds. The molecule has 118 valence electrons. The van der Waals surface area contributed by atoms with Crippen LogP contribution in [0.2, 0.25) is 0 Å². The van der Waals surface area contributed by atoms with Gasteiger partial charge in [-0.25, -0.2) is 0 Å². The normalized spacial score (nSPS) is 12.4. The van der Waals surface area contributed by atoms with Crippen LogP contribution in [-0.2, 0) is 11.2 Å². The Balaban J connectivity index is 2.71. The van der Waals surface area contributed by atoms with Crippen molar-refractivity contribution in [3.63, 3.8) is 0 Å². The molecule has 0 saturated heterocycles. The van der Waals surface area contributed by atoms with Crippen LogP contribution in [0.3, 0.4) is 0 Å². The van der Waals surface area contributed by atoms with Crippen molar-refractivity contribution in [2.24, 2.45) is 17.6 Å². The van der Waals surface area contributed by atoms with Gasteiger partial charge in [-0.2, -0.15) is 0 Å². The highest BCUT2D eigenvalue weighted by atomic mass is 16.2. The van der Waals surface area contributed by atoms with Gasteiger partial charge in [0.2, 0.25) is 5.91 Å². The summed E-state index contributed by atoms with van der Waals surface area (Å²) in [5.41, 5.74) is 7.04. The lowest BCUT2D eigenvalue weighted by Crippen LogP contribution is -2.42. The Labute approximate surface area is 129 Å². The van der Waals surface area contributed by atoms with Crippen molar-refractivity contribution in [3.8, 4) is 0 Å². The van der Waals surface area contributed by atoms with Gasteiger partial charge in [0.05, 0.1) is 5.92 Å². The van der Waals surface area contributed by atoms with Crippen molar-refractivity contribution in [2.45, 2.75) is 40.0 Å². The molecule has 0 aromatic heterocycles. The van der Waals surface area contributed by atoms with E-state index < -0.39 is 0 Å². The third-order valence-corrected chi connectivity index (χ3v) is 4.29. The highest BCUT2D eigenvalue weighted by Crippen LogP contribution is 2.15. The average molecular weight is 290 g/mol. The molecule has 0 fully saturated rings. The number of amides is 1. The maximum atomic E-state index is 12.7. The summed E-state index contributed by atoms with van der Waals surface area (Å²) in [6, 6.07) is 10.1. The Morgan fingerprint density at radius 2 is 1.76 bits per heavy atom. The van der Waals surface area contributed by atoms with E-state index in [2.05, 4.69) is 32.9 Å². The second kappa shape index (κ2) is 9.56. The molecule has 1 aromatic rings. The minimum Gasteiger partial charge on any atom is -0.342 e. The van der Waals surface area contributed by atoms with Crippen LogP contribution in [0.1, 0.15) is 39.2 Å². The van der Waals surface area contributed by atoms with E-state index in [1.807, 2.05) is 23.1 Å². The number of carbonyl (C=O) groups is 1. The van der Waals surface area contributed by atoms with Crippen molar-refractivity contribution in [2.75, 3.05) is 19.6 Å². The van der Waals surface area contributed by atoms with E-state index in [0.717, 1.165) is 32.4 Å². The van der Waals surface area contributed by atoms with Gasteiger partial charge in [0.25, 0.3) is 0 Å². The molecule has 0 aliphatic rings. The second-order valence-corrected chi connectivity index (χ2v) is 5.68. The zero-order chi connectivity index (χ0) is 15.7. The third-order valence-electron chi connectivity index (χ3n) is 4.29. The molecule has 1 unspecified atom stereocenters. The summed E-state index contributed by atoms with van der Waals surface area (Å²) in [6.07, 6.45) is 2.97. The van der Waals surface area contributed by atoms with Gasteiger partial charge in [0.15, 0.2) is 0 Å². The largest absolute Gasteiger partial charge is 0.342 e. The molecule has 21 heavy (non-hydrogen) atoms. The fourth-order valence-corrected chi connectivity index (χ4v) is 2.66. The topological polar surface area (TPSA) is 46.3 Å². The van der Waals surface area contributed by atoms with Crippen molar-refractivity contribution in [1.82, 2.24) is 4.90 Å². The van der Waals surface area contributed by atoms with E-state index in [0.29, 0.717) is 12.5 Å². The van der Waals surface area contributed by atoms with Crippen LogP contribution in [0.15, 0.2) is 30.3 Å². The van der Waals surface area contributed by atoms with Gasteiger partial charge >= 0.3 is 0 Å². The van der Waals surface area contributed by atoms with Crippen LogP contribution in [0.4, 0.5) is 0 Å². The van der Waals surface area contributed by atoms with Gasteiger partial charge in [0, 0.05) is 19.6 Å². The van der Waals surface area contributed by atoms with Gasteiger partial charge in [-0.1, -0.05) is 57.0 Å². The zero-order valence-electron chi connectivity index (χ0n) is 13.7. The molecule has 0 saturated carbocycles. The minimum atomic E-state index is -0.110. The fourth-order valence-electron chi connectivity index (χ4n) is 2.66. The number of nitrogens with zero attached hydrogens (tertiary/aromatic N) is 1. The number of benzene rings is 1. The Kier molecular flexibility index (Phi) is 8.06. The molecule has 2 N–H and O–H groups in total. The summed E-state index contributed by atoms with van der Waals surface area (Å²) in [5.74, 6) is 0.682. The highest BCUT2D eigenvalue weighted by Gasteiger charge is 2.23. The summed E-state index contributed by atoms with van der Waals surface area (Å²) in [5, 5.41) is 0. The van der Waals surface area contributed by atoms with Crippen molar-refractivity contribution >= 4 is 5.91 Å². The van der Waals surface area contributed by atoms with E-state index in [1.165, 1.54) is 5.56 Å². The van der Waals surface area contributed by atoms with Gasteiger partial charge < -0.3 is 10.6 Å². The number of rotatable bonds is 9. The fraction of sp³-hybridized carbons (Fsp3) is 0.611. The minimum absolute atomic E-state index is 0.110. The first-order valence-corrected chi connectivity index (χ1v) is 8.18. The van der Waals surface area contributed by atoms with Crippen LogP contribution < -0.4 is 5.73 Å². The molecule has 0 aliphatic carbocycles. The summed E-state index contributed by atoms with van der Waals surface area (Å²) >= 11 is 0. The number of carbonyl (C=O) groups excluding carboxylic acids is 1. The van der Waals surface area contributed by atoms with Gasteiger partial charge in [-0.05, 0) is 24.8 Å². The van der Waals surface area contributed by atoms with E-state index in [-0.39, 0.29) is 11.8 Å². The maximum absolute atomic E-state index is 12.7. The standard InChI is InChI=1S/C18H30N2O/c1-4-15(5-2)14-20(6-3)18(21)17(13-19)12-16-10-8-7-9-11-16/h7-11,15,17H,4-6,12-14,19H2,1-3H3. The maximum Gasteiger partial charge on any atom is 0.227 e. The summed E-state index contributed by atoms with van der Waals surface area (Å²) in [4.78, 5) is 14.7. The summed E-state index contributed by atoms with van der Waals surface area (Å²) in [7, 11) is 0. The molecule has 1 rings (SSSR count). The van der Waals surface area contributed by atoms with Crippen LogP contribution in [-0.4, -0.2) is 30.4 Å². The molecule has 0 radical (unpaired) electrons. The molecule has 0 bridgehead atoms. The SMILES string of the molecule is CCC(CC)CN(CC)C(=O)C(CN)Cc1ccccc1. The first-order chi connectivity index (χ1) is 10.2. The Bertz CT molecular complexity index is 401. The number of hydrogen-bond acceptors (Lipinski definition) is 2.